The molecule has 2 aliphatic carbocycles. The van der Waals surface area contributed by atoms with Crippen LogP contribution in [0, 0.1) is 0 Å². The molecule has 2 aliphatic rings. The molecule has 5 nitrogen and oxygen atoms in total. The summed E-state index contributed by atoms with van der Waals surface area (Å²) < 4.78 is 18.3. The molecular formula is C18H22ClN3O2S. The molecule has 2 N–H and O–H groups in total. The van der Waals surface area contributed by atoms with Crippen LogP contribution in [0.15, 0.2) is 18.5 Å². The minimum atomic E-state index is -0.690. The van der Waals surface area contributed by atoms with Gasteiger partial charge in [0, 0.05) is 30.8 Å². The number of hydrogen-bond donors (Lipinski definition) is 1. The van der Waals surface area contributed by atoms with Crippen LogP contribution in [-0.2, 0) is 16.7 Å². The highest BCUT2D eigenvalue weighted by Crippen LogP contribution is 2.40. The van der Waals surface area contributed by atoms with Crippen molar-refractivity contribution in [1.82, 2.24) is 9.97 Å². The van der Waals surface area contributed by atoms with Crippen LogP contribution in [0.25, 0.3) is 10.8 Å². The number of fused-ring (bicyclic) bond motifs is 1. The molecule has 0 aromatic carbocycles. The van der Waals surface area contributed by atoms with Gasteiger partial charge in [-0.3, -0.25) is 0 Å². The van der Waals surface area contributed by atoms with Crippen molar-refractivity contribution in [2.24, 2.45) is 5.73 Å². The molecule has 1 unspecified atom stereocenters. The molecule has 0 amide bonds. The van der Waals surface area contributed by atoms with Gasteiger partial charge in [0.1, 0.15) is 21.8 Å². The molecule has 25 heavy (non-hydrogen) atoms. The van der Waals surface area contributed by atoms with Crippen LogP contribution in [0.4, 0.5) is 0 Å². The van der Waals surface area contributed by atoms with E-state index in [0.29, 0.717) is 16.3 Å². The number of rotatable bonds is 5. The Morgan fingerprint density at radius 1 is 1.20 bits per heavy atom. The number of pyridine rings is 2. The van der Waals surface area contributed by atoms with Crippen LogP contribution in [-0.4, -0.2) is 31.1 Å². The van der Waals surface area contributed by atoms with E-state index in [2.05, 4.69) is 9.97 Å². The van der Waals surface area contributed by atoms with Crippen LogP contribution < -0.4 is 10.5 Å². The van der Waals surface area contributed by atoms with Crippen LogP contribution in [0.3, 0.4) is 0 Å². The molecule has 2 saturated carbocycles. The number of aromatic nitrogens is 2. The highest BCUT2D eigenvalue weighted by molar-refractivity contribution is 7.93. The molecule has 0 saturated heterocycles. The van der Waals surface area contributed by atoms with E-state index in [9.17, 15) is 4.55 Å². The summed E-state index contributed by atoms with van der Waals surface area (Å²) in [5, 5.41) is 2.85. The van der Waals surface area contributed by atoms with Crippen molar-refractivity contribution in [1.29, 1.82) is 0 Å². The Kier molecular flexibility index (Phi) is 4.35. The third kappa shape index (κ3) is 3.45. The zero-order valence-electron chi connectivity index (χ0n) is 14.4. The van der Waals surface area contributed by atoms with E-state index in [0.717, 1.165) is 42.0 Å². The van der Waals surface area contributed by atoms with Crippen LogP contribution in [0.1, 0.15) is 45.1 Å². The fourth-order valence-electron chi connectivity index (χ4n) is 3.23. The monoisotopic (exact) mass is 379 g/mol. The summed E-state index contributed by atoms with van der Waals surface area (Å²) in [5.74, 6) is 0.549. The Balaban J connectivity index is 1.56. The first kappa shape index (κ1) is 17.3. The normalized spacial score (nSPS) is 24.8. The maximum absolute atomic E-state index is 12.2. The Hall–Kier alpha value is -1.08. The van der Waals surface area contributed by atoms with Crippen molar-refractivity contribution < 1.29 is 9.29 Å². The lowest BCUT2D eigenvalue weighted by Crippen LogP contribution is -2.44. The Bertz CT molecular complexity index is 801. The minimum Gasteiger partial charge on any atom is -0.616 e. The summed E-state index contributed by atoms with van der Waals surface area (Å²) >= 11 is 5.39. The van der Waals surface area contributed by atoms with E-state index in [1.54, 1.807) is 18.5 Å². The van der Waals surface area contributed by atoms with Crippen molar-refractivity contribution in [3.63, 3.8) is 0 Å². The molecular weight excluding hydrogens is 358 g/mol. The quantitative estimate of drug-likeness (QED) is 0.636. The molecule has 4 rings (SSSR count). The minimum absolute atomic E-state index is 0.0656. The third-order valence-electron chi connectivity index (χ3n) is 4.91. The van der Waals surface area contributed by atoms with Crippen LogP contribution >= 0.6 is 11.6 Å². The average Bonchev–Trinajstić information content (AvgIpc) is 3.32. The topological polar surface area (TPSA) is 84.1 Å². The summed E-state index contributed by atoms with van der Waals surface area (Å²) in [4.78, 5) is 8.65. The van der Waals surface area contributed by atoms with Gasteiger partial charge in [-0.2, -0.15) is 0 Å². The molecule has 2 fully saturated rings. The lowest BCUT2D eigenvalue weighted by molar-refractivity contribution is 0.119. The van der Waals surface area contributed by atoms with E-state index < -0.39 is 16.7 Å². The second-order valence-corrected chi connectivity index (χ2v) is 9.99. The standard InChI is InChI=1S/C18H22ClN3O2S/c1-18(2,20)15-9-22-17(14-8-21-16(19)7-13(14)15)24-10-5-12(6-10)25(23)11-3-4-11/h7-12H,3-6,20H2,1-2H3. The van der Waals surface area contributed by atoms with E-state index in [4.69, 9.17) is 22.1 Å². The zero-order chi connectivity index (χ0) is 17.8. The highest BCUT2D eigenvalue weighted by Gasteiger charge is 2.46. The lowest BCUT2D eigenvalue weighted by atomic mass is 9.93. The molecule has 7 heteroatoms. The molecule has 0 radical (unpaired) electrons. The Morgan fingerprint density at radius 3 is 2.56 bits per heavy atom. The summed E-state index contributed by atoms with van der Waals surface area (Å²) in [6.45, 7) is 3.87. The predicted molar refractivity (Wildman–Crippen MR) is 100 cm³/mol. The third-order valence-corrected chi connectivity index (χ3v) is 7.28. The molecule has 2 aromatic heterocycles. The molecule has 0 bridgehead atoms. The first-order valence-electron chi connectivity index (χ1n) is 8.62. The van der Waals surface area contributed by atoms with Gasteiger partial charge in [0.05, 0.1) is 5.39 Å². The number of hydrogen-bond acceptors (Lipinski definition) is 5. The van der Waals surface area contributed by atoms with E-state index in [1.165, 1.54) is 0 Å². The fraction of sp³-hybridized carbons (Fsp3) is 0.556. The van der Waals surface area contributed by atoms with Crippen molar-refractivity contribution in [3.05, 3.63) is 29.2 Å². The number of ether oxygens (including phenoxy) is 1. The van der Waals surface area contributed by atoms with Gasteiger partial charge < -0.3 is 15.0 Å². The first-order chi connectivity index (χ1) is 11.8. The maximum Gasteiger partial charge on any atom is 0.223 e. The summed E-state index contributed by atoms with van der Waals surface area (Å²) in [6.07, 6.45) is 7.40. The highest BCUT2D eigenvalue weighted by atomic mass is 35.5. The van der Waals surface area contributed by atoms with Crippen molar-refractivity contribution in [2.45, 2.75) is 61.7 Å². The predicted octanol–water partition coefficient (Wildman–Crippen LogP) is 3.30. The Labute approximate surface area is 155 Å². The van der Waals surface area contributed by atoms with Gasteiger partial charge in [-0.1, -0.05) is 11.6 Å². The SMILES string of the molecule is CC(C)(N)c1cnc(OC2CC([S+]([O-])C3CC3)C2)c2cnc(Cl)cc12. The van der Waals surface area contributed by atoms with Crippen molar-refractivity contribution in [2.75, 3.05) is 0 Å². The largest absolute Gasteiger partial charge is 0.616 e. The molecule has 2 heterocycles. The van der Waals surface area contributed by atoms with Crippen molar-refractivity contribution >= 4 is 33.5 Å². The van der Waals surface area contributed by atoms with Crippen LogP contribution in [0.2, 0.25) is 5.15 Å². The summed E-state index contributed by atoms with van der Waals surface area (Å²) in [7, 11) is 0. The zero-order valence-corrected chi connectivity index (χ0v) is 15.9. The van der Waals surface area contributed by atoms with Gasteiger partial charge in [-0.25, -0.2) is 9.97 Å². The van der Waals surface area contributed by atoms with Gasteiger partial charge >= 0.3 is 0 Å². The Morgan fingerprint density at radius 2 is 1.92 bits per heavy atom. The average molecular weight is 380 g/mol. The van der Waals surface area contributed by atoms with Gasteiger partial charge in [-0.05, 0) is 54.9 Å². The summed E-state index contributed by atoms with van der Waals surface area (Å²) in [5.41, 5.74) is 6.63. The second kappa shape index (κ2) is 6.27. The molecule has 0 aliphatic heterocycles. The summed E-state index contributed by atoms with van der Waals surface area (Å²) in [6, 6.07) is 1.81. The van der Waals surface area contributed by atoms with Gasteiger partial charge in [0.15, 0.2) is 0 Å². The van der Waals surface area contributed by atoms with Crippen molar-refractivity contribution in [3.8, 4) is 5.88 Å². The molecule has 2 aromatic rings. The number of nitrogens with two attached hydrogens (primary N) is 1. The lowest BCUT2D eigenvalue weighted by Gasteiger charge is -2.36. The van der Waals surface area contributed by atoms with Gasteiger partial charge in [-0.15, -0.1) is 0 Å². The molecule has 1 atom stereocenters. The van der Waals surface area contributed by atoms with Gasteiger partial charge in [0.2, 0.25) is 5.88 Å². The molecule has 0 spiro atoms. The van der Waals surface area contributed by atoms with E-state index in [-0.39, 0.29) is 11.4 Å². The smallest absolute Gasteiger partial charge is 0.223 e. The van der Waals surface area contributed by atoms with E-state index in [1.807, 2.05) is 13.8 Å². The number of nitrogens with zero attached hydrogens (tertiary/aromatic N) is 2. The molecule has 134 valence electrons. The first-order valence-corrected chi connectivity index (χ1v) is 10.3. The fourth-order valence-corrected chi connectivity index (χ4v) is 5.34. The number of halogens is 1. The van der Waals surface area contributed by atoms with E-state index >= 15 is 0 Å². The second-order valence-electron chi connectivity index (χ2n) is 7.61. The van der Waals surface area contributed by atoms with Crippen LogP contribution in [0.5, 0.6) is 5.88 Å². The maximum atomic E-state index is 12.2. The van der Waals surface area contributed by atoms with Gasteiger partial charge in [0.25, 0.3) is 0 Å².